The van der Waals surface area contributed by atoms with E-state index in [4.69, 9.17) is 0 Å². The van der Waals surface area contributed by atoms with Crippen LogP contribution in [0, 0.1) is 10.1 Å². The van der Waals surface area contributed by atoms with Crippen molar-refractivity contribution in [3.8, 4) is 0 Å². The SMILES string of the molecule is C[Si](C)(C)NC(=O)c1cccc([N+](=O)[O-])c1. The molecule has 16 heavy (non-hydrogen) atoms. The third-order valence-electron chi connectivity index (χ3n) is 1.81. The molecule has 0 unspecified atom stereocenters. The van der Waals surface area contributed by atoms with Gasteiger partial charge in [-0.15, -0.1) is 0 Å². The van der Waals surface area contributed by atoms with Gasteiger partial charge < -0.3 is 4.98 Å². The van der Waals surface area contributed by atoms with Crippen molar-refractivity contribution in [3.63, 3.8) is 0 Å². The van der Waals surface area contributed by atoms with E-state index < -0.39 is 13.2 Å². The molecule has 1 amide bonds. The molecule has 0 atom stereocenters. The van der Waals surface area contributed by atoms with Crippen molar-refractivity contribution in [1.29, 1.82) is 0 Å². The maximum Gasteiger partial charge on any atom is 0.270 e. The molecule has 6 heteroatoms. The van der Waals surface area contributed by atoms with Gasteiger partial charge in [0.15, 0.2) is 0 Å². The second-order valence-electron chi connectivity index (χ2n) is 4.51. The zero-order chi connectivity index (χ0) is 12.3. The van der Waals surface area contributed by atoms with Crippen LogP contribution in [-0.4, -0.2) is 19.1 Å². The third kappa shape index (κ3) is 3.47. The van der Waals surface area contributed by atoms with E-state index >= 15 is 0 Å². The van der Waals surface area contributed by atoms with Crippen LogP contribution in [0.15, 0.2) is 24.3 Å². The average molecular weight is 238 g/mol. The normalized spacial score (nSPS) is 10.9. The van der Waals surface area contributed by atoms with Gasteiger partial charge in [-0.05, 0) is 6.07 Å². The summed E-state index contributed by atoms with van der Waals surface area (Å²) in [7, 11) is -1.72. The third-order valence-corrected chi connectivity index (χ3v) is 2.78. The molecule has 1 N–H and O–H groups in total. The van der Waals surface area contributed by atoms with Gasteiger partial charge in [0.2, 0.25) is 5.91 Å². The summed E-state index contributed by atoms with van der Waals surface area (Å²) < 4.78 is 0. The van der Waals surface area contributed by atoms with Crippen molar-refractivity contribution in [1.82, 2.24) is 4.98 Å². The monoisotopic (exact) mass is 238 g/mol. The van der Waals surface area contributed by atoms with Crippen LogP contribution in [0.25, 0.3) is 0 Å². The van der Waals surface area contributed by atoms with Gasteiger partial charge >= 0.3 is 0 Å². The fourth-order valence-electron chi connectivity index (χ4n) is 1.17. The van der Waals surface area contributed by atoms with Crippen LogP contribution < -0.4 is 4.98 Å². The molecule has 0 aromatic heterocycles. The highest BCUT2D eigenvalue weighted by Crippen LogP contribution is 2.13. The Hall–Kier alpha value is -1.69. The number of amides is 1. The van der Waals surface area contributed by atoms with E-state index in [0.717, 1.165) is 0 Å². The summed E-state index contributed by atoms with van der Waals surface area (Å²) in [5, 5.41) is 10.5. The van der Waals surface area contributed by atoms with E-state index in [-0.39, 0.29) is 11.6 Å². The Labute approximate surface area is 94.7 Å². The number of nitrogens with one attached hydrogen (secondary N) is 1. The number of carbonyl (C=O) groups is 1. The molecule has 0 aliphatic carbocycles. The number of nitro groups is 1. The predicted octanol–water partition coefficient (Wildman–Crippen LogP) is 2.16. The largest absolute Gasteiger partial charge is 0.378 e. The molecule has 0 radical (unpaired) electrons. The summed E-state index contributed by atoms with van der Waals surface area (Å²) in [6.45, 7) is 5.97. The first-order valence-electron chi connectivity index (χ1n) is 4.86. The van der Waals surface area contributed by atoms with Crippen LogP contribution in [-0.2, 0) is 0 Å². The maximum atomic E-state index is 11.7. The predicted molar refractivity (Wildman–Crippen MR) is 63.9 cm³/mol. The number of nitrogens with zero attached hydrogens (tertiary/aromatic N) is 1. The molecule has 0 bridgehead atoms. The van der Waals surface area contributed by atoms with E-state index in [9.17, 15) is 14.9 Å². The summed E-state index contributed by atoms with van der Waals surface area (Å²) in [4.78, 5) is 24.6. The Balaban J connectivity index is 2.92. The fourth-order valence-corrected chi connectivity index (χ4v) is 2.00. The molecule has 0 saturated heterocycles. The topological polar surface area (TPSA) is 72.2 Å². The lowest BCUT2D eigenvalue weighted by molar-refractivity contribution is -0.384. The highest BCUT2D eigenvalue weighted by Gasteiger charge is 2.19. The van der Waals surface area contributed by atoms with Crippen LogP contribution in [0.3, 0.4) is 0 Å². The molecule has 1 aromatic rings. The summed E-state index contributed by atoms with van der Waals surface area (Å²) in [6.07, 6.45) is 0. The molecule has 0 spiro atoms. The van der Waals surface area contributed by atoms with E-state index in [0.29, 0.717) is 5.56 Å². The quantitative estimate of drug-likeness (QED) is 0.498. The van der Waals surface area contributed by atoms with Crippen molar-refractivity contribution in [2.45, 2.75) is 19.6 Å². The number of hydrogen-bond donors (Lipinski definition) is 1. The first-order chi connectivity index (χ1) is 7.29. The summed E-state index contributed by atoms with van der Waals surface area (Å²) in [5.74, 6) is -0.247. The molecule has 0 aliphatic heterocycles. The number of carbonyl (C=O) groups excluding carboxylic acids is 1. The minimum atomic E-state index is -1.72. The molecule has 0 fully saturated rings. The van der Waals surface area contributed by atoms with Gasteiger partial charge in [-0.3, -0.25) is 14.9 Å². The van der Waals surface area contributed by atoms with Crippen LogP contribution >= 0.6 is 0 Å². The summed E-state index contributed by atoms with van der Waals surface area (Å²) >= 11 is 0. The first kappa shape index (κ1) is 12.4. The minimum absolute atomic E-state index is 0.0665. The van der Waals surface area contributed by atoms with Gasteiger partial charge in [0.25, 0.3) is 5.69 Å². The summed E-state index contributed by atoms with van der Waals surface area (Å²) in [6, 6.07) is 5.74. The Morgan fingerprint density at radius 3 is 2.50 bits per heavy atom. The number of benzene rings is 1. The number of nitro benzene ring substituents is 1. The lowest BCUT2D eigenvalue weighted by Crippen LogP contribution is -2.45. The van der Waals surface area contributed by atoms with Gasteiger partial charge in [0.1, 0.15) is 8.24 Å². The van der Waals surface area contributed by atoms with Crippen LogP contribution in [0.4, 0.5) is 5.69 Å². The standard InChI is InChI=1S/C10H14N2O3Si/c1-16(2,3)11-10(13)8-5-4-6-9(7-8)12(14)15/h4-7H,1-3H3,(H,11,13). The first-order valence-corrected chi connectivity index (χ1v) is 8.36. The Morgan fingerprint density at radius 1 is 1.38 bits per heavy atom. The maximum absolute atomic E-state index is 11.7. The van der Waals surface area contributed by atoms with E-state index in [1.165, 1.54) is 18.2 Å². The number of rotatable bonds is 3. The van der Waals surface area contributed by atoms with Gasteiger partial charge in [-0.25, -0.2) is 0 Å². The van der Waals surface area contributed by atoms with Crippen LogP contribution in [0.2, 0.25) is 19.6 Å². The molecule has 1 aromatic carbocycles. The summed E-state index contributed by atoms with van der Waals surface area (Å²) in [5.41, 5.74) is 0.264. The second-order valence-corrected chi connectivity index (χ2v) is 9.26. The van der Waals surface area contributed by atoms with Crippen LogP contribution in [0.5, 0.6) is 0 Å². The zero-order valence-electron chi connectivity index (χ0n) is 9.48. The van der Waals surface area contributed by atoms with Crippen molar-refractivity contribution >= 4 is 19.8 Å². The van der Waals surface area contributed by atoms with Crippen molar-refractivity contribution in [2.75, 3.05) is 0 Å². The van der Waals surface area contributed by atoms with Crippen molar-refractivity contribution in [3.05, 3.63) is 39.9 Å². The smallest absolute Gasteiger partial charge is 0.270 e. The lowest BCUT2D eigenvalue weighted by atomic mass is 10.2. The molecular weight excluding hydrogens is 224 g/mol. The second kappa shape index (κ2) is 4.44. The van der Waals surface area contributed by atoms with E-state index in [1.807, 2.05) is 19.6 Å². The molecule has 86 valence electrons. The molecule has 5 nitrogen and oxygen atoms in total. The highest BCUT2D eigenvalue weighted by molar-refractivity contribution is 6.76. The average Bonchev–Trinajstić information content (AvgIpc) is 2.15. The minimum Gasteiger partial charge on any atom is -0.378 e. The Kier molecular flexibility index (Phi) is 3.43. The van der Waals surface area contributed by atoms with Gasteiger partial charge in [-0.2, -0.15) is 0 Å². The molecule has 0 aliphatic rings. The lowest BCUT2D eigenvalue weighted by Gasteiger charge is -2.17. The molecular formula is C10H14N2O3Si. The van der Waals surface area contributed by atoms with Gasteiger partial charge in [0, 0.05) is 17.7 Å². The van der Waals surface area contributed by atoms with Crippen LogP contribution in [0.1, 0.15) is 10.4 Å². The van der Waals surface area contributed by atoms with Crippen molar-refractivity contribution < 1.29 is 9.72 Å². The van der Waals surface area contributed by atoms with E-state index in [1.54, 1.807) is 6.07 Å². The van der Waals surface area contributed by atoms with Gasteiger partial charge in [0.05, 0.1) is 4.92 Å². The number of non-ortho nitro benzene ring substituents is 1. The fraction of sp³-hybridized carbons (Fsp3) is 0.300. The van der Waals surface area contributed by atoms with Crippen molar-refractivity contribution in [2.24, 2.45) is 0 Å². The zero-order valence-corrected chi connectivity index (χ0v) is 10.5. The highest BCUT2D eigenvalue weighted by atomic mass is 28.3. The Morgan fingerprint density at radius 2 is 2.00 bits per heavy atom. The number of hydrogen-bond acceptors (Lipinski definition) is 3. The van der Waals surface area contributed by atoms with E-state index in [2.05, 4.69) is 4.98 Å². The molecule has 0 heterocycles. The molecule has 0 saturated carbocycles. The molecule has 1 rings (SSSR count). The van der Waals surface area contributed by atoms with Gasteiger partial charge in [-0.1, -0.05) is 25.7 Å². The Bertz CT molecular complexity index is 426.